The molecule has 0 atom stereocenters. The molecule has 0 spiro atoms. The summed E-state index contributed by atoms with van der Waals surface area (Å²) < 4.78 is 0. The lowest BCUT2D eigenvalue weighted by atomic mass is 9.85. The molecule has 0 heterocycles. The molecule has 248 valence electrons. The number of fused-ring (bicyclic) bond motifs is 5. The highest BCUT2D eigenvalue weighted by atomic mass is 15.1. The van der Waals surface area contributed by atoms with Gasteiger partial charge in [-0.3, -0.25) is 0 Å². The number of hydrogen-bond donors (Lipinski definition) is 0. The van der Waals surface area contributed by atoms with Crippen LogP contribution in [0, 0.1) is 0 Å². The van der Waals surface area contributed by atoms with Crippen LogP contribution in [0.1, 0.15) is 0 Å². The lowest BCUT2D eigenvalue weighted by Crippen LogP contribution is -2.10. The summed E-state index contributed by atoms with van der Waals surface area (Å²) in [7, 11) is 0. The number of anilines is 3. The van der Waals surface area contributed by atoms with Crippen molar-refractivity contribution in [3.63, 3.8) is 0 Å². The molecule has 1 nitrogen and oxygen atoms in total. The molecule has 0 N–H and O–H groups in total. The van der Waals surface area contributed by atoms with E-state index in [1.807, 2.05) is 0 Å². The third-order valence-electron chi connectivity index (χ3n) is 10.6. The maximum absolute atomic E-state index is 2.45. The molecule has 0 aliphatic rings. The van der Waals surface area contributed by atoms with Crippen molar-refractivity contribution in [3.8, 4) is 33.4 Å². The quantitative estimate of drug-likeness (QED) is 0.159. The van der Waals surface area contributed by atoms with Gasteiger partial charge < -0.3 is 4.90 Å². The Kier molecular flexibility index (Phi) is 7.55. The van der Waals surface area contributed by atoms with E-state index in [4.69, 9.17) is 0 Å². The van der Waals surface area contributed by atoms with Crippen molar-refractivity contribution in [2.75, 3.05) is 4.90 Å². The Labute approximate surface area is 309 Å². The lowest BCUT2D eigenvalue weighted by Gasteiger charge is -2.28. The highest BCUT2D eigenvalue weighted by Crippen LogP contribution is 2.47. The highest BCUT2D eigenvalue weighted by Gasteiger charge is 2.21. The average Bonchev–Trinajstić information content (AvgIpc) is 3.24. The number of benzene rings is 10. The van der Waals surface area contributed by atoms with Crippen LogP contribution in [0.2, 0.25) is 0 Å². The fourth-order valence-electron chi connectivity index (χ4n) is 8.25. The number of hydrogen-bond acceptors (Lipinski definition) is 1. The molecule has 53 heavy (non-hydrogen) atoms. The molecule has 0 saturated carbocycles. The molecule has 0 aliphatic carbocycles. The zero-order chi connectivity index (χ0) is 35.1. The van der Waals surface area contributed by atoms with Gasteiger partial charge in [0.05, 0.1) is 5.69 Å². The molecule has 0 unspecified atom stereocenters. The third-order valence-corrected chi connectivity index (χ3v) is 10.6. The molecule has 10 aromatic carbocycles. The van der Waals surface area contributed by atoms with Gasteiger partial charge >= 0.3 is 0 Å². The van der Waals surface area contributed by atoms with Crippen LogP contribution >= 0.6 is 0 Å². The van der Waals surface area contributed by atoms with E-state index in [9.17, 15) is 0 Å². The van der Waals surface area contributed by atoms with Crippen molar-refractivity contribution >= 4 is 60.2 Å². The van der Waals surface area contributed by atoms with E-state index < -0.39 is 0 Å². The minimum Gasteiger partial charge on any atom is -0.310 e. The second-order valence-corrected chi connectivity index (χ2v) is 13.7. The Bertz CT molecular complexity index is 2930. The standard InChI is InChI=1S/C52H35N/c1-3-18-38(19-4-1)51-48-29-12-11-28-46(48)47-33-32-42(35-49(47)52(51)39-20-5-2-6-21-39)53(50-31-15-23-37-17-8-10-27-45(37)50)41-25-13-24-40(34-41)44-30-14-22-36-16-7-9-26-43(36)44/h1-35H. The molecule has 0 radical (unpaired) electrons. The van der Waals surface area contributed by atoms with Crippen LogP contribution in [0.5, 0.6) is 0 Å². The second kappa shape index (κ2) is 13.0. The maximum Gasteiger partial charge on any atom is 0.0540 e. The zero-order valence-electron chi connectivity index (χ0n) is 29.2. The summed E-state index contributed by atoms with van der Waals surface area (Å²) in [5, 5.41) is 9.88. The zero-order valence-corrected chi connectivity index (χ0v) is 29.2. The van der Waals surface area contributed by atoms with Gasteiger partial charge in [0, 0.05) is 16.8 Å². The summed E-state index contributed by atoms with van der Waals surface area (Å²) in [5.41, 5.74) is 10.7. The van der Waals surface area contributed by atoms with Gasteiger partial charge in [-0.25, -0.2) is 0 Å². The smallest absolute Gasteiger partial charge is 0.0540 e. The summed E-state index contributed by atoms with van der Waals surface area (Å²) in [6.07, 6.45) is 0. The van der Waals surface area contributed by atoms with Crippen LogP contribution in [0.4, 0.5) is 17.1 Å². The number of rotatable bonds is 6. The Morgan fingerprint density at radius 1 is 0.264 bits per heavy atom. The largest absolute Gasteiger partial charge is 0.310 e. The van der Waals surface area contributed by atoms with E-state index in [1.54, 1.807) is 0 Å². The molecule has 10 aromatic rings. The summed E-state index contributed by atoms with van der Waals surface area (Å²) in [6, 6.07) is 77.3. The fourth-order valence-corrected chi connectivity index (χ4v) is 8.25. The minimum atomic E-state index is 1.11. The highest BCUT2D eigenvalue weighted by molar-refractivity contribution is 6.22. The predicted octanol–water partition coefficient (Wildman–Crippen LogP) is 14.8. The Balaban J connectivity index is 1.29. The van der Waals surface area contributed by atoms with Gasteiger partial charge in [-0.1, -0.05) is 182 Å². The molecule has 0 amide bonds. The summed E-state index contributed by atoms with van der Waals surface area (Å²) in [5.74, 6) is 0. The first kappa shape index (κ1) is 30.8. The first-order valence-electron chi connectivity index (χ1n) is 18.3. The van der Waals surface area contributed by atoms with E-state index in [1.165, 1.54) is 76.5 Å². The summed E-state index contributed by atoms with van der Waals surface area (Å²) in [6.45, 7) is 0. The molecular formula is C52H35N. The van der Waals surface area contributed by atoms with Gasteiger partial charge in [0.2, 0.25) is 0 Å². The molecule has 0 aromatic heterocycles. The summed E-state index contributed by atoms with van der Waals surface area (Å²) in [4.78, 5) is 2.45. The second-order valence-electron chi connectivity index (χ2n) is 13.7. The lowest BCUT2D eigenvalue weighted by molar-refractivity contribution is 1.30. The van der Waals surface area contributed by atoms with Crippen LogP contribution < -0.4 is 4.90 Å². The van der Waals surface area contributed by atoms with E-state index in [0.29, 0.717) is 0 Å². The van der Waals surface area contributed by atoms with E-state index in [-0.39, 0.29) is 0 Å². The molecule has 10 rings (SSSR count). The van der Waals surface area contributed by atoms with Crippen LogP contribution in [0.3, 0.4) is 0 Å². The molecule has 0 aliphatic heterocycles. The third kappa shape index (κ3) is 5.34. The molecule has 0 fully saturated rings. The Morgan fingerprint density at radius 3 is 1.49 bits per heavy atom. The van der Waals surface area contributed by atoms with Gasteiger partial charge in [0.1, 0.15) is 0 Å². The first-order valence-corrected chi connectivity index (χ1v) is 18.3. The Morgan fingerprint density at radius 2 is 0.755 bits per heavy atom. The topological polar surface area (TPSA) is 3.24 Å². The fraction of sp³-hybridized carbons (Fsp3) is 0. The molecular weight excluding hydrogens is 639 g/mol. The SMILES string of the molecule is c1ccc(-c2c(-c3ccccc3)c3cc(N(c4cccc(-c5cccc6ccccc56)c4)c4cccc5ccccc45)ccc3c3ccccc23)cc1. The number of nitrogens with zero attached hydrogens (tertiary/aromatic N) is 1. The average molecular weight is 674 g/mol. The van der Waals surface area contributed by atoms with Crippen LogP contribution in [-0.2, 0) is 0 Å². The van der Waals surface area contributed by atoms with Crippen molar-refractivity contribution < 1.29 is 0 Å². The molecule has 0 saturated heterocycles. The van der Waals surface area contributed by atoms with Crippen molar-refractivity contribution in [1.82, 2.24) is 0 Å². The van der Waals surface area contributed by atoms with Crippen molar-refractivity contribution in [3.05, 3.63) is 212 Å². The van der Waals surface area contributed by atoms with Gasteiger partial charge in [-0.15, -0.1) is 0 Å². The van der Waals surface area contributed by atoms with E-state index >= 15 is 0 Å². The summed E-state index contributed by atoms with van der Waals surface area (Å²) >= 11 is 0. The predicted molar refractivity (Wildman–Crippen MR) is 227 cm³/mol. The van der Waals surface area contributed by atoms with Gasteiger partial charge in [0.15, 0.2) is 0 Å². The van der Waals surface area contributed by atoms with E-state index in [2.05, 4.69) is 217 Å². The minimum absolute atomic E-state index is 1.11. The monoisotopic (exact) mass is 673 g/mol. The van der Waals surface area contributed by atoms with Gasteiger partial charge in [-0.05, 0) is 101 Å². The van der Waals surface area contributed by atoms with Gasteiger partial charge in [0.25, 0.3) is 0 Å². The maximum atomic E-state index is 2.45. The van der Waals surface area contributed by atoms with Crippen molar-refractivity contribution in [2.24, 2.45) is 0 Å². The van der Waals surface area contributed by atoms with Crippen LogP contribution in [0.15, 0.2) is 212 Å². The van der Waals surface area contributed by atoms with Crippen LogP contribution in [-0.4, -0.2) is 0 Å². The first-order chi connectivity index (χ1) is 26.3. The molecule has 0 bridgehead atoms. The van der Waals surface area contributed by atoms with Crippen molar-refractivity contribution in [2.45, 2.75) is 0 Å². The molecule has 1 heteroatoms. The van der Waals surface area contributed by atoms with Crippen molar-refractivity contribution in [1.29, 1.82) is 0 Å². The van der Waals surface area contributed by atoms with Crippen LogP contribution in [0.25, 0.3) is 76.5 Å². The van der Waals surface area contributed by atoms with E-state index in [0.717, 1.165) is 17.1 Å². The van der Waals surface area contributed by atoms with Gasteiger partial charge in [-0.2, -0.15) is 0 Å². The normalized spacial score (nSPS) is 11.4. The Hall–Kier alpha value is -6.96.